The first-order valence-electron chi connectivity index (χ1n) is 7.60. The normalized spacial score (nSPS) is 13.0. The fourth-order valence-electron chi connectivity index (χ4n) is 3.24. The van der Waals surface area contributed by atoms with Gasteiger partial charge in [0.05, 0.1) is 17.1 Å². The second-order valence-electron chi connectivity index (χ2n) is 5.68. The van der Waals surface area contributed by atoms with E-state index in [0.29, 0.717) is 0 Å². The summed E-state index contributed by atoms with van der Waals surface area (Å²) in [6.07, 6.45) is 3.18. The Balaban J connectivity index is 1.94. The number of imidazole rings is 1. The highest BCUT2D eigenvalue weighted by molar-refractivity contribution is 5.68. The van der Waals surface area contributed by atoms with Crippen LogP contribution in [-0.2, 0) is 19.5 Å². The summed E-state index contributed by atoms with van der Waals surface area (Å²) < 4.78 is 4.68. The lowest BCUT2D eigenvalue weighted by Gasteiger charge is -2.17. The molecule has 0 amide bonds. The van der Waals surface area contributed by atoms with Gasteiger partial charge in [-0.1, -0.05) is 29.8 Å². The first-order chi connectivity index (χ1) is 10.3. The van der Waals surface area contributed by atoms with E-state index in [2.05, 4.69) is 65.6 Å². The van der Waals surface area contributed by atoms with Gasteiger partial charge in [-0.2, -0.15) is 0 Å². The SMILES string of the molecule is CCn1c(-c2ccc(C)cc2)nc2c1-c1cccn1CC2. The Bertz CT molecular complexity index is 790. The van der Waals surface area contributed by atoms with E-state index >= 15 is 0 Å². The van der Waals surface area contributed by atoms with Gasteiger partial charge in [-0.15, -0.1) is 0 Å². The lowest BCUT2D eigenvalue weighted by Crippen LogP contribution is -2.11. The average molecular weight is 277 g/mol. The zero-order chi connectivity index (χ0) is 14.4. The number of nitrogens with zero attached hydrogens (tertiary/aromatic N) is 3. The Kier molecular flexibility index (Phi) is 2.74. The minimum atomic E-state index is 0.941. The van der Waals surface area contributed by atoms with Crippen molar-refractivity contribution in [3.63, 3.8) is 0 Å². The van der Waals surface area contributed by atoms with Gasteiger partial charge >= 0.3 is 0 Å². The van der Waals surface area contributed by atoms with Crippen LogP contribution in [0.3, 0.4) is 0 Å². The third kappa shape index (κ3) is 1.84. The van der Waals surface area contributed by atoms with Gasteiger partial charge in [-0.25, -0.2) is 4.98 Å². The van der Waals surface area contributed by atoms with E-state index in [1.807, 2.05) is 0 Å². The molecule has 0 saturated heterocycles. The number of fused-ring (bicyclic) bond motifs is 3. The Morgan fingerprint density at radius 3 is 2.71 bits per heavy atom. The van der Waals surface area contributed by atoms with Gasteiger partial charge in [0.1, 0.15) is 5.82 Å². The molecule has 0 saturated carbocycles. The van der Waals surface area contributed by atoms with Crippen molar-refractivity contribution in [2.24, 2.45) is 0 Å². The molecule has 21 heavy (non-hydrogen) atoms. The fourth-order valence-corrected chi connectivity index (χ4v) is 3.24. The number of hydrogen-bond donors (Lipinski definition) is 0. The number of benzene rings is 1. The molecule has 0 aliphatic carbocycles. The second kappa shape index (κ2) is 4.62. The molecule has 1 aliphatic heterocycles. The van der Waals surface area contributed by atoms with E-state index in [9.17, 15) is 0 Å². The smallest absolute Gasteiger partial charge is 0.140 e. The molecule has 3 heteroatoms. The van der Waals surface area contributed by atoms with E-state index < -0.39 is 0 Å². The molecule has 2 aromatic heterocycles. The molecule has 0 fully saturated rings. The van der Waals surface area contributed by atoms with Crippen LogP contribution in [0.15, 0.2) is 42.6 Å². The topological polar surface area (TPSA) is 22.8 Å². The molecule has 3 aromatic rings. The summed E-state index contributed by atoms with van der Waals surface area (Å²) in [6.45, 7) is 6.29. The van der Waals surface area contributed by atoms with E-state index in [-0.39, 0.29) is 0 Å². The molecule has 0 N–H and O–H groups in total. The summed E-state index contributed by atoms with van der Waals surface area (Å²) in [6, 6.07) is 13.0. The number of rotatable bonds is 2. The molecule has 3 nitrogen and oxygen atoms in total. The fraction of sp³-hybridized carbons (Fsp3) is 0.278. The Labute approximate surface area is 124 Å². The summed E-state index contributed by atoms with van der Waals surface area (Å²) in [5, 5.41) is 0. The molecule has 4 rings (SSSR count). The Morgan fingerprint density at radius 1 is 1.14 bits per heavy atom. The third-order valence-corrected chi connectivity index (χ3v) is 4.33. The summed E-state index contributed by atoms with van der Waals surface area (Å²) in [5.74, 6) is 1.09. The van der Waals surface area contributed by atoms with Crippen molar-refractivity contribution < 1.29 is 0 Å². The molecular weight excluding hydrogens is 258 g/mol. The second-order valence-corrected chi connectivity index (χ2v) is 5.68. The molecule has 0 atom stereocenters. The van der Waals surface area contributed by atoms with Crippen molar-refractivity contribution >= 4 is 0 Å². The third-order valence-electron chi connectivity index (χ3n) is 4.33. The molecular formula is C18H19N3. The summed E-state index contributed by atoms with van der Waals surface area (Å²) in [4.78, 5) is 4.95. The number of hydrogen-bond acceptors (Lipinski definition) is 1. The standard InChI is InChI=1S/C18H19N3/c1-3-21-17-15(10-12-20-11-4-5-16(17)20)19-18(21)14-8-6-13(2)7-9-14/h4-9,11H,3,10,12H2,1-2H3. The van der Waals surface area contributed by atoms with Gasteiger partial charge in [0, 0.05) is 31.3 Å². The molecule has 0 radical (unpaired) electrons. The van der Waals surface area contributed by atoms with Crippen LogP contribution in [0.2, 0.25) is 0 Å². The van der Waals surface area contributed by atoms with Crippen molar-refractivity contribution in [2.75, 3.05) is 0 Å². The summed E-state index contributed by atoms with van der Waals surface area (Å²) >= 11 is 0. The van der Waals surface area contributed by atoms with Crippen LogP contribution in [0, 0.1) is 6.92 Å². The highest BCUT2D eigenvalue weighted by atomic mass is 15.1. The summed E-state index contributed by atoms with van der Waals surface area (Å²) in [5.41, 5.74) is 6.31. The first-order valence-corrected chi connectivity index (χ1v) is 7.60. The minimum absolute atomic E-state index is 0.941. The van der Waals surface area contributed by atoms with Gasteiger partial charge in [0.2, 0.25) is 0 Å². The average Bonchev–Trinajstić information content (AvgIpc) is 3.11. The highest BCUT2D eigenvalue weighted by Crippen LogP contribution is 2.34. The minimum Gasteiger partial charge on any atom is -0.346 e. The predicted molar refractivity (Wildman–Crippen MR) is 85.2 cm³/mol. The lowest BCUT2D eigenvalue weighted by atomic mass is 10.1. The van der Waals surface area contributed by atoms with Crippen LogP contribution >= 0.6 is 0 Å². The van der Waals surface area contributed by atoms with Crippen LogP contribution < -0.4 is 0 Å². The molecule has 0 unspecified atom stereocenters. The maximum atomic E-state index is 4.95. The van der Waals surface area contributed by atoms with Crippen molar-refractivity contribution in [3.05, 3.63) is 53.9 Å². The zero-order valence-electron chi connectivity index (χ0n) is 12.5. The maximum Gasteiger partial charge on any atom is 0.140 e. The van der Waals surface area contributed by atoms with Gasteiger partial charge < -0.3 is 9.13 Å². The molecule has 0 bridgehead atoms. The monoisotopic (exact) mass is 277 g/mol. The molecule has 1 aliphatic rings. The van der Waals surface area contributed by atoms with E-state index in [4.69, 9.17) is 4.98 Å². The Morgan fingerprint density at radius 2 is 1.95 bits per heavy atom. The highest BCUT2D eigenvalue weighted by Gasteiger charge is 2.24. The van der Waals surface area contributed by atoms with Crippen LogP contribution in [0.5, 0.6) is 0 Å². The van der Waals surface area contributed by atoms with Gasteiger partial charge in [-0.3, -0.25) is 0 Å². The molecule has 1 aromatic carbocycles. The van der Waals surface area contributed by atoms with Crippen molar-refractivity contribution in [1.29, 1.82) is 0 Å². The number of aromatic nitrogens is 3. The van der Waals surface area contributed by atoms with Crippen LogP contribution in [-0.4, -0.2) is 14.1 Å². The van der Waals surface area contributed by atoms with Crippen LogP contribution in [0.25, 0.3) is 22.8 Å². The van der Waals surface area contributed by atoms with Gasteiger partial charge in [0.15, 0.2) is 0 Å². The van der Waals surface area contributed by atoms with Crippen molar-refractivity contribution in [1.82, 2.24) is 14.1 Å². The first kappa shape index (κ1) is 12.5. The summed E-state index contributed by atoms with van der Waals surface area (Å²) in [7, 11) is 0. The van der Waals surface area contributed by atoms with E-state index in [1.165, 1.54) is 28.2 Å². The zero-order valence-corrected chi connectivity index (χ0v) is 12.5. The van der Waals surface area contributed by atoms with E-state index in [1.54, 1.807) is 0 Å². The van der Waals surface area contributed by atoms with Crippen LogP contribution in [0.1, 0.15) is 18.2 Å². The van der Waals surface area contributed by atoms with Gasteiger partial charge in [0.25, 0.3) is 0 Å². The predicted octanol–water partition coefficient (Wildman–Crippen LogP) is 3.90. The van der Waals surface area contributed by atoms with E-state index in [0.717, 1.165) is 25.3 Å². The van der Waals surface area contributed by atoms with Gasteiger partial charge in [-0.05, 0) is 26.0 Å². The lowest BCUT2D eigenvalue weighted by molar-refractivity contribution is 0.666. The Hall–Kier alpha value is -2.29. The molecule has 0 spiro atoms. The van der Waals surface area contributed by atoms with Crippen LogP contribution in [0.4, 0.5) is 0 Å². The van der Waals surface area contributed by atoms with Crippen molar-refractivity contribution in [2.45, 2.75) is 33.4 Å². The molecule has 106 valence electrons. The quantitative estimate of drug-likeness (QED) is 0.696. The van der Waals surface area contributed by atoms with Crippen molar-refractivity contribution in [3.8, 4) is 22.8 Å². The largest absolute Gasteiger partial charge is 0.346 e. The maximum absolute atomic E-state index is 4.95. The molecule has 3 heterocycles. The number of aryl methyl sites for hydroxylation is 3.